The van der Waals surface area contributed by atoms with E-state index in [2.05, 4.69) is 10.6 Å². The fourth-order valence-corrected chi connectivity index (χ4v) is 2.03. The quantitative estimate of drug-likeness (QED) is 0.637. The first-order chi connectivity index (χ1) is 7.74. The molecule has 1 rings (SSSR count). The highest BCUT2D eigenvalue weighted by molar-refractivity contribution is 5.78. The first kappa shape index (κ1) is 13.5. The maximum Gasteiger partial charge on any atom is 0.224 e. The topological polar surface area (TPSA) is 50.4 Å². The molecular weight excluding hydrogens is 204 g/mol. The molecule has 0 aromatic rings. The van der Waals surface area contributed by atoms with E-state index in [9.17, 15) is 4.79 Å². The van der Waals surface area contributed by atoms with Crippen LogP contribution in [0.5, 0.6) is 0 Å². The van der Waals surface area contributed by atoms with Crippen LogP contribution in [-0.2, 0) is 9.53 Å². The highest BCUT2D eigenvalue weighted by atomic mass is 16.5. The minimum atomic E-state index is 0.0245. The number of carbonyl (C=O) groups excluding carboxylic acids is 1. The molecular formula is C12H24N2O2. The molecule has 1 atom stereocenters. The summed E-state index contributed by atoms with van der Waals surface area (Å²) in [5.74, 6) is 0.126. The molecule has 0 aromatic heterocycles. The minimum absolute atomic E-state index is 0.0245. The molecule has 94 valence electrons. The fraction of sp³-hybridized carbons (Fsp3) is 0.917. The van der Waals surface area contributed by atoms with Crippen LogP contribution in [0.1, 0.15) is 32.6 Å². The number of hydrogen-bond acceptors (Lipinski definition) is 3. The highest BCUT2D eigenvalue weighted by Crippen LogP contribution is 2.20. The maximum atomic E-state index is 11.5. The first-order valence-electron chi connectivity index (χ1n) is 6.28. The Balaban J connectivity index is 1.99. The monoisotopic (exact) mass is 228 g/mol. The zero-order valence-electron chi connectivity index (χ0n) is 10.4. The maximum absolute atomic E-state index is 11.5. The highest BCUT2D eigenvalue weighted by Gasteiger charge is 2.15. The molecule has 1 fully saturated rings. The van der Waals surface area contributed by atoms with Gasteiger partial charge in [-0.2, -0.15) is 0 Å². The fourth-order valence-electron chi connectivity index (χ4n) is 2.03. The van der Waals surface area contributed by atoms with Crippen LogP contribution in [0.25, 0.3) is 0 Å². The molecule has 4 nitrogen and oxygen atoms in total. The zero-order valence-corrected chi connectivity index (χ0v) is 10.4. The number of rotatable bonds is 7. The molecule has 0 aliphatic heterocycles. The Hall–Kier alpha value is -0.610. The van der Waals surface area contributed by atoms with E-state index in [4.69, 9.17) is 4.74 Å². The predicted molar refractivity (Wildman–Crippen MR) is 64.3 cm³/mol. The number of ether oxygens (including phenoxy) is 1. The van der Waals surface area contributed by atoms with Crippen LogP contribution in [0, 0.1) is 5.92 Å². The molecule has 0 bridgehead atoms. The van der Waals surface area contributed by atoms with Crippen molar-refractivity contribution in [2.75, 3.05) is 26.7 Å². The summed E-state index contributed by atoms with van der Waals surface area (Å²) in [5, 5.41) is 5.88. The Morgan fingerprint density at radius 1 is 1.44 bits per heavy atom. The Morgan fingerprint density at radius 2 is 2.12 bits per heavy atom. The molecule has 1 unspecified atom stereocenters. The van der Waals surface area contributed by atoms with E-state index in [1.54, 1.807) is 0 Å². The van der Waals surface area contributed by atoms with Gasteiger partial charge in [0, 0.05) is 19.0 Å². The summed E-state index contributed by atoms with van der Waals surface area (Å²) in [4.78, 5) is 11.5. The smallest absolute Gasteiger partial charge is 0.224 e. The summed E-state index contributed by atoms with van der Waals surface area (Å²) in [6.07, 6.45) is 5.38. The lowest BCUT2D eigenvalue weighted by Gasteiger charge is -2.13. The minimum Gasteiger partial charge on any atom is -0.376 e. The van der Waals surface area contributed by atoms with Crippen molar-refractivity contribution in [2.24, 2.45) is 5.92 Å². The molecule has 1 aliphatic rings. The van der Waals surface area contributed by atoms with Crippen LogP contribution >= 0.6 is 0 Å². The second-order valence-corrected chi connectivity index (χ2v) is 4.53. The molecule has 1 amide bonds. The van der Waals surface area contributed by atoms with Crippen molar-refractivity contribution in [1.82, 2.24) is 10.6 Å². The van der Waals surface area contributed by atoms with Gasteiger partial charge in [-0.3, -0.25) is 4.79 Å². The van der Waals surface area contributed by atoms with Gasteiger partial charge in [0.2, 0.25) is 5.91 Å². The molecule has 0 aromatic carbocycles. The summed E-state index contributed by atoms with van der Waals surface area (Å²) in [6.45, 7) is 3.91. The summed E-state index contributed by atoms with van der Waals surface area (Å²) >= 11 is 0. The van der Waals surface area contributed by atoms with Crippen molar-refractivity contribution in [3.63, 3.8) is 0 Å². The van der Waals surface area contributed by atoms with Gasteiger partial charge >= 0.3 is 0 Å². The second kappa shape index (κ2) is 7.63. The van der Waals surface area contributed by atoms with E-state index in [0.717, 1.165) is 6.54 Å². The molecule has 0 saturated heterocycles. The standard InChI is InChI=1S/C12H24N2O2/c1-10(9-13-2)12(15)14-7-8-16-11-5-3-4-6-11/h10-11,13H,3-9H2,1-2H3,(H,14,15). The number of hydrogen-bond donors (Lipinski definition) is 2. The Kier molecular flexibility index (Phi) is 6.42. The van der Waals surface area contributed by atoms with E-state index in [1.807, 2.05) is 14.0 Å². The molecule has 0 heterocycles. The molecule has 0 spiro atoms. The van der Waals surface area contributed by atoms with Gasteiger partial charge in [0.25, 0.3) is 0 Å². The van der Waals surface area contributed by atoms with E-state index in [0.29, 0.717) is 19.3 Å². The normalized spacial score (nSPS) is 18.6. The lowest BCUT2D eigenvalue weighted by Crippen LogP contribution is -2.36. The van der Waals surface area contributed by atoms with E-state index >= 15 is 0 Å². The van der Waals surface area contributed by atoms with Gasteiger partial charge in [-0.1, -0.05) is 19.8 Å². The van der Waals surface area contributed by atoms with Crippen LogP contribution in [-0.4, -0.2) is 38.8 Å². The van der Waals surface area contributed by atoms with Gasteiger partial charge < -0.3 is 15.4 Å². The van der Waals surface area contributed by atoms with E-state index in [1.165, 1.54) is 25.7 Å². The van der Waals surface area contributed by atoms with Crippen molar-refractivity contribution < 1.29 is 9.53 Å². The molecule has 0 radical (unpaired) electrons. The average Bonchev–Trinajstić information content (AvgIpc) is 2.77. The van der Waals surface area contributed by atoms with Gasteiger partial charge in [-0.25, -0.2) is 0 Å². The van der Waals surface area contributed by atoms with Crippen LogP contribution in [0.3, 0.4) is 0 Å². The first-order valence-corrected chi connectivity index (χ1v) is 6.28. The summed E-state index contributed by atoms with van der Waals surface area (Å²) in [7, 11) is 1.85. The number of nitrogens with one attached hydrogen (secondary N) is 2. The summed E-state index contributed by atoms with van der Waals surface area (Å²) < 4.78 is 5.66. The van der Waals surface area contributed by atoms with E-state index < -0.39 is 0 Å². The van der Waals surface area contributed by atoms with E-state index in [-0.39, 0.29) is 11.8 Å². The predicted octanol–water partition coefficient (Wildman–Crippen LogP) is 0.917. The Morgan fingerprint density at radius 3 is 2.75 bits per heavy atom. The van der Waals surface area contributed by atoms with Crippen molar-refractivity contribution in [3.05, 3.63) is 0 Å². The van der Waals surface area contributed by atoms with Crippen LogP contribution in [0.15, 0.2) is 0 Å². The third-order valence-corrected chi connectivity index (χ3v) is 3.01. The lowest BCUT2D eigenvalue weighted by molar-refractivity contribution is -0.124. The average molecular weight is 228 g/mol. The number of amides is 1. The van der Waals surface area contributed by atoms with Gasteiger partial charge in [0.05, 0.1) is 12.7 Å². The SMILES string of the molecule is CNCC(C)C(=O)NCCOC1CCCC1. The molecule has 4 heteroatoms. The molecule has 16 heavy (non-hydrogen) atoms. The zero-order chi connectivity index (χ0) is 11.8. The third-order valence-electron chi connectivity index (χ3n) is 3.01. The number of carbonyl (C=O) groups is 1. The Bertz CT molecular complexity index is 203. The van der Waals surface area contributed by atoms with Crippen LogP contribution in [0.2, 0.25) is 0 Å². The Labute approximate surface area is 98.1 Å². The van der Waals surface area contributed by atoms with Crippen molar-refractivity contribution in [3.8, 4) is 0 Å². The van der Waals surface area contributed by atoms with Crippen molar-refractivity contribution >= 4 is 5.91 Å². The van der Waals surface area contributed by atoms with Gasteiger partial charge in [0.1, 0.15) is 0 Å². The lowest BCUT2D eigenvalue weighted by atomic mass is 10.1. The van der Waals surface area contributed by atoms with Crippen molar-refractivity contribution in [2.45, 2.75) is 38.7 Å². The van der Waals surface area contributed by atoms with Gasteiger partial charge in [-0.15, -0.1) is 0 Å². The molecule has 1 aliphatic carbocycles. The van der Waals surface area contributed by atoms with Gasteiger partial charge in [0.15, 0.2) is 0 Å². The van der Waals surface area contributed by atoms with Crippen LogP contribution < -0.4 is 10.6 Å². The second-order valence-electron chi connectivity index (χ2n) is 4.53. The van der Waals surface area contributed by atoms with Crippen LogP contribution in [0.4, 0.5) is 0 Å². The van der Waals surface area contributed by atoms with Crippen molar-refractivity contribution in [1.29, 1.82) is 0 Å². The summed E-state index contributed by atoms with van der Waals surface area (Å²) in [6, 6.07) is 0. The van der Waals surface area contributed by atoms with Gasteiger partial charge in [-0.05, 0) is 19.9 Å². The molecule has 1 saturated carbocycles. The molecule has 2 N–H and O–H groups in total. The largest absolute Gasteiger partial charge is 0.376 e. The summed E-state index contributed by atoms with van der Waals surface area (Å²) in [5.41, 5.74) is 0. The third kappa shape index (κ3) is 4.94.